The molecule has 8 heteroatoms. The van der Waals surface area contributed by atoms with Crippen LogP contribution < -0.4 is 5.32 Å². The van der Waals surface area contributed by atoms with Gasteiger partial charge in [-0.2, -0.15) is 0 Å². The Kier molecular flexibility index (Phi) is 6.06. The minimum Gasteiger partial charge on any atom is -0.465 e. The molecule has 0 aliphatic rings. The largest absolute Gasteiger partial charge is 0.465 e. The van der Waals surface area contributed by atoms with E-state index < -0.39 is 18.0 Å². The van der Waals surface area contributed by atoms with Crippen molar-refractivity contribution in [2.24, 2.45) is 0 Å². The van der Waals surface area contributed by atoms with Gasteiger partial charge in [-0.1, -0.05) is 0 Å². The summed E-state index contributed by atoms with van der Waals surface area (Å²) in [6.07, 6.45) is 0.430. The third-order valence-corrected chi connectivity index (χ3v) is 2.51. The first-order valence-corrected chi connectivity index (χ1v) is 6.13. The minimum atomic E-state index is -0.836. The van der Waals surface area contributed by atoms with Crippen LogP contribution in [-0.2, 0) is 19.0 Å². The lowest BCUT2D eigenvalue weighted by molar-refractivity contribution is -0.136. The molecule has 118 valence electrons. The van der Waals surface area contributed by atoms with E-state index >= 15 is 0 Å². The molecule has 1 amide bonds. The number of nitrogens with one attached hydrogen (secondary N) is 1. The fourth-order valence-corrected chi connectivity index (χ4v) is 1.57. The van der Waals surface area contributed by atoms with Gasteiger partial charge < -0.3 is 14.2 Å². The van der Waals surface area contributed by atoms with E-state index in [0.717, 1.165) is 7.11 Å². The van der Waals surface area contributed by atoms with Gasteiger partial charge in [0, 0.05) is 5.69 Å². The Bertz CT molecular complexity index is 624. The molecule has 0 aliphatic heterocycles. The van der Waals surface area contributed by atoms with Gasteiger partial charge in [0.05, 0.1) is 32.6 Å². The lowest BCUT2D eigenvalue weighted by Crippen LogP contribution is -2.27. The van der Waals surface area contributed by atoms with Gasteiger partial charge in [-0.3, -0.25) is 10.3 Å². The number of hydrogen-bond donors (Lipinski definition) is 1. The van der Waals surface area contributed by atoms with Gasteiger partial charge in [0.25, 0.3) is 0 Å². The Morgan fingerprint density at radius 2 is 1.77 bits per heavy atom. The molecule has 1 aromatic heterocycles. The summed E-state index contributed by atoms with van der Waals surface area (Å²) in [7, 11) is 3.58. The number of alkyl carbamates (subject to hydrolysis) is 1. The number of carbonyl (C=O) groups is 3. The van der Waals surface area contributed by atoms with E-state index in [1.165, 1.54) is 32.4 Å². The Hall–Kier alpha value is -2.90. The van der Waals surface area contributed by atoms with Crippen molar-refractivity contribution in [3.63, 3.8) is 0 Å². The molecule has 0 aliphatic carbocycles. The molecule has 0 saturated carbocycles. The number of esters is 2. The highest BCUT2D eigenvalue weighted by molar-refractivity contribution is 5.97. The second-order valence-electron chi connectivity index (χ2n) is 4.08. The second-order valence-corrected chi connectivity index (χ2v) is 4.08. The van der Waals surface area contributed by atoms with Crippen LogP contribution in [0.5, 0.6) is 0 Å². The molecular formula is C14H16N2O6. The van der Waals surface area contributed by atoms with E-state index in [9.17, 15) is 14.4 Å². The van der Waals surface area contributed by atoms with E-state index in [1.807, 2.05) is 0 Å². The number of aromatic nitrogens is 1. The zero-order valence-electron chi connectivity index (χ0n) is 12.6. The summed E-state index contributed by atoms with van der Waals surface area (Å²) < 4.78 is 13.6. The summed E-state index contributed by atoms with van der Waals surface area (Å²) in [5.41, 5.74) is 0.903. The number of methoxy groups -OCH3 is 3. The molecular weight excluding hydrogens is 292 g/mol. The highest BCUT2D eigenvalue weighted by Crippen LogP contribution is 2.11. The quantitative estimate of drug-likeness (QED) is 0.503. The maximum absolute atomic E-state index is 11.6. The van der Waals surface area contributed by atoms with Crippen molar-refractivity contribution in [1.82, 2.24) is 10.3 Å². The number of carbonyl (C=O) groups excluding carboxylic acids is 3. The summed E-state index contributed by atoms with van der Waals surface area (Å²) in [5, 5.41) is 2.22. The lowest BCUT2D eigenvalue weighted by atomic mass is 10.2. The van der Waals surface area contributed by atoms with E-state index in [4.69, 9.17) is 0 Å². The summed E-state index contributed by atoms with van der Waals surface area (Å²) in [6.45, 7) is 1.68. The molecule has 0 atom stereocenters. The third kappa shape index (κ3) is 4.58. The van der Waals surface area contributed by atoms with Crippen LogP contribution in [0, 0.1) is 6.92 Å². The SMILES string of the molecule is COC(=O)N/C(=C\c1cc(C(=O)OC)cc(C)n1)C(=O)OC. The molecule has 0 bridgehead atoms. The van der Waals surface area contributed by atoms with Crippen LogP contribution >= 0.6 is 0 Å². The molecule has 0 spiro atoms. The van der Waals surface area contributed by atoms with Gasteiger partial charge >= 0.3 is 18.0 Å². The number of hydrogen-bond acceptors (Lipinski definition) is 7. The zero-order chi connectivity index (χ0) is 16.7. The van der Waals surface area contributed by atoms with Gasteiger partial charge in [0.2, 0.25) is 0 Å². The molecule has 0 unspecified atom stereocenters. The number of pyridine rings is 1. The smallest absolute Gasteiger partial charge is 0.411 e. The van der Waals surface area contributed by atoms with Gasteiger partial charge in [-0.15, -0.1) is 0 Å². The second kappa shape index (κ2) is 7.77. The van der Waals surface area contributed by atoms with Crippen molar-refractivity contribution in [2.75, 3.05) is 21.3 Å². The number of nitrogens with zero attached hydrogens (tertiary/aromatic N) is 1. The minimum absolute atomic E-state index is 0.178. The van der Waals surface area contributed by atoms with Crippen LogP contribution in [-0.4, -0.2) is 44.3 Å². The number of rotatable bonds is 4. The molecule has 8 nitrogen and oxygen atoms in total. The van der Waals surface area contributed by atoms with Crippen molar-refractivity contribution in [2.45, 2.75) is 6.92 Å². The Morgan fingerprint density at radius 3 is 2.32 bits per heavy atom. The predicted molar refractivity (Wildman–Crippen MR) is 75.8 cm³/mol. The van der Waals surface area contributed by atoms with E-state index in [-0.39, 0.29) is 17.0 Å². The highest BCUT2D eigenvalue weighted by atomic mass is 16.5. The molecule has 0 saturated heterocycles. The molecule has 22 heavy (non-hydrogen) atoms. The van der Waals surface area contributed by atoms with Crippen molar-refractivity contribution in [3.8, 4) is 0 Å². The lowest BCUT2D eigenvalue weighted by Gasteiger charge is -2.08. The first kappa shape index (κ1) is 17.2. The van der Waals surface area contributed by atoms with Gasteiger partial charge in [-0.05, 0) is 25.1 Å². The highest BCUT2D eigenvalue weighted by Gasteiger charge is 2.15. The van der Waals surface area contributed by atoms with E-state index in [1.54, 1.807) is 6.92 Å². The van der Waals surface area contributed by atoms with E-state index in [2.05, 4.69) is 24.5 Å². The Labute approximate surface area is 127 Å². The first-order valence-electron chi connectivity index (χ1n) is 6.13. The Morgan fingerprint density at radius 1 is 1.09 bits per heavy atom. The topological polar surface area (TPSA) is 104 Å². The summed E-state index contributed by atoms with van der Waals surface area (Å²) in [4.78, 5) is 38.6. The third-order valence-electron chi connectivity index (χ3n) is 2.51. The standard InChI is InChI=1S/C14H16N2O6/c1-8-5-9(12(17)20-2)6-10(15-8)7-11(13(18)21-3)16-14(19)22-4/h5-7H,1-4H3,(H,16,19)/b11-7-. The summed E-state index contributed by atoms with van der Waals surface area (Å²) >= 11 is 0. The summed E-state index contributed by atoms with van der Waals surface area (Å²) in [5.74, 6) is -1.32. The summed E-state index contributed by atoms with van der Waals surface area (Å²) in [6, 6.07) is 2.95. The number of amides is 1. The predicted octanol–water partition coefficient (Wildman–Crippen LogP) is 1.05. The monoisotopic (exact) mass is 308 g/mol. The maximum Gasteiger partial charge on any atom is 0.411 e. The van der Waals surface area contributed by atoms with Gasteiger partial charge in [0.15, 0.2) is 0 Å². The van der Waals surface area contributed by atoms with Gasteiger partial charge in [0.1, 0.15) is 5.70 Å². The van der Waals surface area contributed by atoms with Crippen LogP contribution in [0.4, 0.5) is 4.79 Å². The van der Waals surface area contributed by atoms with Crippen molar-refractivity contribution in [3.05, 3.63) is 34.8 Å². The number of ether oxygens (including phenoxy) is 3. The van der Waals surface area contributed by atoms with Crippen LogP contribution in [0.2, 0.25) is 0 Å². The molecule has 1 aromatic rings. The van der Waals surface area contributed by atoms with Gasteiger partial charge in [-0.25, -0.2) is 14.4 Å². The average molecular weight is 308 g/mol. The molecule has 1 N–H and O–H groups in total. The molecule has 0 radical (unpaired) electrons. The average Bonchev–Trinajstić information content (AvgIpc) is 2.51. The van der Waals surface area contributed by atoms with Crippen molar-refractivity contribution >= 4 is 24.1 Å². The molecule has 0 aromatic carbocycles. The fraction of sp³-hybridized carbons (Fsp3) is 0.286. The first-order chi connectivity index (χ1) is 10.4. The molecule has 0 fully saturated rings. The fourth-order valence-electron chi connectivity index (χ4n) is 1.57. The number of aryl methyl sites for hydroxylation is 1. The van der Waals surface area contributed by atoms with Crippen LogP contribution in [0.25, 0.3) is 6.08 Å². The van der Waals surface area contributed by atoms with E-state index in [0.29, 0.717) is 5.69 Å². The molecule has 1 heterocycles. The van der Waals surface area contributed by atoms with Crippen molar-refractivity contribution < 1.29 is 28.6 Å². The maximum atomic E-state index is 11.6. The van der Waals surface area contributed by atoms with Crippen molar-refractivity contribution in [1.29, 1.82) is 0 Å². The Balaban J connectivity index is 3.24. The zero-order valence-corrected chi connectivity index (χ0v) is 12.6. The van der Waals surface area contributed by atoms with Crippen LogP contribution in [0.15, 0.2) is 17.8 Å². The van der Waals surface area contributed by atoms with Crippen LogP contribution in [0.3, 0.4) is 0 Å². The molecule has 1 rings (SSSR count). The van der Waals surface area contributed by atoms with Crippen LogP contribution in [0.1, 0.15) is 21.7 Å². The normalized spacial score (nSPS) is 10.6.